The van der Waals surface area contributed by atoms with Gasteiger partial charge in [0.25, 0.3) is 0 Å². The Bertz CT molecular complexity index is 798. The van der Waals surface area contributed by atoms with E-state index in [1.807, 2.05) is 14.0 Å². The molecule has 7 nitrogen and oxygen atoms in total. The number of anilines is 1. The van der Waals surface area contributed by atoms with Crippen molar-refractivity contribution in [2.75, 3.05) is 51.2 Å². The summed E-state index contributed by atoms with van der Waals surface area (Å²) in [5.74, 6) is 0.873. The van der Waals surface area contributed by atoms with Crippen LogP contribution in [0.15, 0.2) is 41.4 Å². The number of nitrogens with zero attached hydrogens (tertiary/aromatic N) is 5. The highest BCUT2D eigenvalue weighted by Crippen LogP contribution is 2.16. The number of hydrogen-bond acceptors (Lipinski definition) is 4. The standard InChI is InChI=1S/C23H37N7.HI/c1-19-17-20(2)30(27-19)12-8-11-25-23(24-4)26-18-21(3)28-13-15-29(16-14-28)22-9-6-5-7-10-22;/h5-7,9-10,17,21H,8,11-16,18H2,1-4H3,(H2,24,25,26);1H. The zero-order chi connectivity index (χ0) is 21.3. The van der Waals surface area contributed by atoms with Crippen LogP contribution in [-0.2, 0) is 6.54 Å². The number of aryl methyl sites for hydroxylation is 3. The molecule has 1 saturated heterocycles. The van der Waals surface area contributed by atoms with Crippen LogP contribution in [0.2, 0.25) is 0 Å². The van der Waals surface area contributed by atoms with Crippen molar-refractivity contribution in [3.05, 3.63) is 47.8 Å². The maximum absolute atomic E-state index is 4.52. The molecule has 1 atom stereocenters. The lowest BCUT2D eigenvalue weighted by Gasteiger charge is -2.39. The Kier molecular flexibility index (Phi) is 10.6. The fraction of sp³-hybridized carbons (Fsp3) is 0.565. The fourth-order valence-corrected chi connectivity index (χ4v) is 3.99. The quantitative estimate of drug-likeness (QED) is 0.234. The van der Waals surface area contributed by atoms with Crippen molar-refractivity contribution in [2.24, 2.45) is 4.99 Å². The average Bonchev–Trinajstić information content (AvgIpc) is 3.10. The summed E-state index contributed by atoms with van der Waals surface area (Å²) in [7, 11) is 1.83. The second-order valence-electron chi connectivity index (χ2n) is 8.09. The van der Waals surface area contributed by atoms with Gasteiger partial charge in [0.05, 0.1) is 5.69 Å². The molecule has 0 bridgehead atoms. The van der Waals surface area contributed by atoms with Crippen LogP contribution < -0.4 is 15.5 Å². The van der Waals surface area contributed by atoms with Gasteiger partial charge >= 0.3 is 0 Å². The van der Waals surface area contributed by atoms with Gasteiger partial charge in [-0.1, -0.05) is 18.2 Å². The molecular formula is C23H38IN7. The number of benzene rings is 1. The van der Waals surface area contributed by atoms with Gasteiger partial charge in [-0.25, -0.2) is 0 Å². The minimum absolute atomic E-state index is 0. The van der Waals surface area contributed by atoms with Crippen LogP contribution in [0, 0.1) is 13.8 Å². The molecule has 0 aliphatic carbocycles. The van der Waals surface area contributed by atoms with Crippen molar-refractivity contribution in [1.29, 1.82) is 0 Å². The van der Waals surface area contributed by atoms with Crippen LogP contribution in [0.4, 0.5) is 5.69 Å². The number of halogens is 1. The van der Waals surface area contributed by atoms with E-state index in [4.69, 9.17) is 0 Å². The molecule has 0 radical (unpaired) electrons. The molecule has 1 unspecified atom stereocenters. The summed E-state index contributed by atoms with van der Waals surface area (Å²) in [6.07, 6.45) is 1.01. The van der Waals surface area contributed by atoms with Gasteiger partial charge in [-0.15, -0.1) is 24.0 Å². The molecule has 172 valence electrons. The molecule has 31 heavy (non-hydrogen) atoms. The molecule has 3 rings (SSSR count). The van der Waals surface area contributed by atoms with Gasteiger partial charge in [0.1, 0.15) is 0 Å². The molecule has 2 N–H and O–H groups in total. The fourth-order valence-electron chi connectivity index (χ4n) is 3.99. The third-order valence-electron chi connectivity index (χ3n) is 5.79. The van der Waals surface area contributed by atoms with Crippen molar-refractivity contribution in [3.63, 3.8) is 0 Å². The lowest BCUT2D eigenvalue weighted by atomic mass is 10.2. The SMILES string of the molecule is CN=C(NCCCn1nc(C)cc1C)NCC(C)N1CCN(c2ccccc2)CC1.I. The van der Waals surface area contributed by atoms with Crippen LogP contribution in [0.1, 0.15) is 24.7 Å². The topological polar surface area (TPSA) is 60.7 Å². The van der Waals surface area contributed by atoms with E-state index in [0.717, 1.165) is 63.9 Å². The first-order valence-electron chi connectivity index (χ1n) is 11.1. The first-order valence-corrected chi connectivity index (χ1v) is 11.1. The Morgan fingerprint density at radius 3 is 2.42 bits per heavy atom. The van der Waals surface area contributed by atoms with E-state index in [1.165, 1.54) is 11.4 Å². The van der Waals surface area contributed by atoms with Crippen LogP contribution in [0.25, 0.3) is 0 Å². The summed E-state index contributed by atoms with van der Waals surface area (Å²) < 4.78 is 2.07. The highest BCUT2D eigenvalue weighted by atomic mass is 127. The number of guanidine groups is 1. The number of rotatable bonds is 8. The van der Waals surface area contributed by atoms with Gasteiger partial charge in [-0.2, -0.15) is 5.10 Å². The minimum Gasteiger partial charge on any atom is -0.369 e. The van der Waals surface area contributed by atoms with E-state index in [9.17, 15) is 0 Å². The monoisotopic (exact) mass is 539 g/mol. The van der Waals surface area contributed by atoms with E-state index in [0.29, 0.717) is 6.04 Å². The van der Waals surface area contributed by atoms with Gasteiger partial charge in [0, 0.05) is 70.3 Å². The Balaban J connectivity index is 0.00000341. The lowest BCUT2D eigenvalue weighted by Crippen LogP contribution is -2.53. The second-order valence-corrected chi connectivity index (χ2v) is 8.09. The summed E-state index contributed by atoms with van der Waals surface area (Å²) in [4.78, 5) is 9.40. The molecular weight excluding hydrogens is 501 g/mol. The molecule has 0 spiro atoms. The summed E-state index contributed by atoms with van der Waals surface area (Å²) >= 11 is 0. The third kappa shape index (κ3) is 7.68. The molecule has 1 aliphatic rings. The molecule has 8 heteroatoms. The lowest BCUT2D eigenvalue weighted by molar-refractivity contribution is 0.197. The van der Waals surface area contributed by atoms with Crippen molar-refractivity contribution in [3.8, 4) is 0 Å². The van der Waals surface area contributed by atoms with Gasteiger partial charge in [0.2, 0.25) is 0 Å². The van der Waals surface area contributed by atoms with E-state index in [2.05, 4.69) is 85.5 Å². The molecule has 0 saturated carbocycles. The zero-order valence-electron chi connectivity index (χ0n) is 19.3. The Labute approximate surface area is 204 Å². The number of aliphatic imine (C=N–C) groups is 1. The summed E-state index contributed by atoms with van der Waals surface area (Å²) in [5.41, 5.74) is 3.63. The molecule has 0 amide bonds. The van der Waals surface area contributed by atoms with Crippen molar-refractivity contribution < 1.29 is 0 Å². The number of piperazine rings is 1. The number of nitrogens with one attached hydrogen (secondary N) is 2. The van der Waals surface area contributed by atoms with E-state index in [1.54, 1.807) is 0 Å². The minimum atomic E-state index is 0. The molecule has 2 aromatic rings. The predicted molar refractivity (Wildman–Crippen MR) is 141 cm³/mol. The smallest absolute Gasteiger partial charge is 0.191 e. The molecule has 1 aliphatic heterocycles. The number of para-hydroxylation sites is 1. The Morgan fingerprint density at radius 1 is 1.10 bits per heavy atom. The number of aromatic nitrogens is 2. The van der Waals surface area contributed by atoms with Crippen molar-refractivity contribution in [1.82, 2.24) is 25.3 Å². The first-order chi connectivity index (χ1) is 14.6. The average molecular weight is 540 g/mol. The highest BCUT2D eigenvalue weighted by molar-refractivity contribution is 14.0. The van der Waals surface area contributed by atoms with E-state index < -0.39 is 0 Å². The molecule has 2 heterocycles. The van der Waals surface area contributed by atoms with Gasteiger partial charge in [0.15, 0.2) is 5.96 Å². The normalized spacial score (nSPS) is 16.0. The molecule has 1 aromatic heterocycles. The zero-order valence-corrected chi connectivity index (χ0v) is 21.7. The highest BCUT2D eigenvalue weighted by Gasteiger charge is 2.21. The molecule has 1 fully saturated rings. The summed E-state index contributed by atoms with van der Waals surface area (Å²) in [6.45, 7) is 13.5. The van der Waals surface area contributed by atoms with Crippen molar-refractivity contribution >= 4 is 35.6 Å². The maximum atomic E-state index is 4.52. The Morgan fingerprint density at radius 2 is 1.81 bits per heavy atom. The van der Waals surface area contributed by atoms with Crippen LogP contribution >= 0.6 is 24.0 Å². The van der Waals surface area contributed by atoms with E-state index >= 15 is 0 Å². The first kappa shape index (κ1) is 25.5. The Hall–Kier alpha value is -1.81. The largest absolute Gasteiger partial charge is 0.369 e. The summed E-state index contributed by atoms with van der Waals surface area (Å²) in [5, 5.41) is 11.4. The van der Waals surface area contributed by atoms with E-state index in [-0.39, 0.29) is 24.0 Å². The third-order valence-corrected chi connectivity index (χ3v) is 5.79. The number of hydrogen-bond donors (Lipinski definition) is 2. The van der Waals surface area contributed by atoms with Gasteiger partial charge < -0.3 is 15.5 Å². The van der Waals surface area contributed by atoms with Crippen molar-refractivity contribution in [2.45, 2.75) is 39.8 Å². The molecule has 1 aromatic carbocycles. The van der Waals surface area contributed by atoms with Crippen LogP contribution in [-0.4, -0.2) is 73.0 Å². The van der Waals surface area contributed by atoms with Crippen LogP contribution in [0.3, 0.4) is 0 Å². The van der Waals surface area contributed by atoms with Gasteiger partial charge in [-0.3, -0.25) is 14.6 Å². The maximum Gasteiger partial charge on any atom is 0.191 e. The summed E-state index contributed by atoms with van der Waals surface area (Å²) in [6, 6.07) is 13.3. The van der Waals surface area contributed by atoms with Crippen LogP contribution in [0.5, 0.6) is 0 Å². The second kappa shape index (κ2) is 12.9. The van der Waals surface area contributed by atoms with Gasteiger partial charge in [-0.05, 0) is 45.4 Å². The predicted octanol–water partition coefficient (Wildman–Crippen LogP) is 2.88.